The highest BCUT2D eigenvalue weighted by Gasteiger charge is 2.63. The van der Waals surface area contributed by atoms with E-state index in [1.165, 1.54) is 16.0 Å². The number of ether oxygens (including phenoxy) is 1. The van der Waals surface area contributed by atoms with Crippen LogP contribution in [0.15, 0.2) is 18.2 Å². The number of thiophene rings is 1. The standard InChI is InChI=1S/C24H30O3S/c1-13-10-16(7-9-20(13)27-12-14(2)25)6-8-19(26)23-17-11-18-22(24(18,4)5)21(17)15(3)28-23/h7,9-10,14,18,22,25H,6,8,11-12H2,1-5H3/t14?,18-,22-/m1/s1. The average molecular weight is 399 g/mol. The van der Waals surface area contributed by atoms with Crippen LogP contribution in [0.1, 0.15) is 69.9 Å². The number of rotatable bonds is 7. The Labute approximate surface area is 171 Å². The first-order chi connectivity index (χ1) is 13.2. The molecule has 1 aromatic carbocycles. The molecule has 2 aliphatic rings. The van der Waals surface area contributed by atoms with Gasteiger partial charge in [-0.25, -0.2) is 0 Å². The Hall–Kier alpha value is -1.65. The van der Waals surface area contributed by atoms with E-state index in [1.807, 2.05) is 19.1 Å². The lowest BCUT2D eigenvalue weighted by Gasteiger charge is -2.12. The van der Waals surface area contributed by atoms with Gasteiger partial charge in [0, 0.05) is 11.3 Å². The number of carbonyl (C=O) groups is 1. The molecule has 0 radical (unpaired) electrons. The monoisotopic (exact) mass is 398 g/mol. The summed E-state index contributed by atoms with van der Waals surface area (Å²) in [5.74, 6) is 2.51. The Kier molecular flexibility index (Phi) is 4.91. The van der Waals surface area contributed by atoms with Crippen molar-refractivity contribution < 1.29 is 14.6 Å². The lowest BCUT2D eigenvalue weighted by Crippen LogP contribution is -2.13. The Balaban J connectivity index is 1.42. The summed E-state index contributed by atoms with van der Waals surface area (Å²) < 4.78 is 5.62. The maximum absolute atomic E-state index is 13.0. The number of aliphatic hydroxyl groups excluding tert-OH is 1. The van der Waals surface area contributed by atoms with Gasteiger partial charge >= 0.3 is 0 Å². The van der Waals surface area contributed by atoms with Gasteiger partial charge in [-0.1, -0.05) is 26.0 Å². The average Bonchev–Trinajstić information content (AvgIpc) is 2.95. The molecule has 0 spiro atoms. The van der Waals surface area contributed by atoms with Gasteiger partial charge in [-0.05, 0) is 79.2 Å². The molecule has 150 valence electrons. The van der Waals surface area contributed by atoms with Crippen LogP contribution in [-0.2, 0) is 12.8 Å². The first-order valence-electron chi connectivity index (χ1n) is 10.3. The number of benzene rings is 1. The summed E-state index contributed by atoms with van der Waals surface area (Å²) >= 11 is 1.71. The minimum Gasteiger partial charge on any atom is -0.491 e. The summed E-state index contributed by atoms with van der Waals surface area (Å²) in [6, 6.07) is 6.06. The highest BCUT2D eigenvalue weighted by molar-refractivity contribution is 7.14. The van der Waals surface area contributed by atoms with E-state index in [0.29, 0.717) is 30.1 Å². The molecule has 4 heteroatoms. The highest BCUT2D eigenvalue weighted by atomic mass is 32.1. The molecule has 28 heavy (non-hydrogen) atoms. The molecule has 2 aliphatic carbocycles. The van der Waals surface area contributed by atoms with Gasteiger partial charge < -0.3 is 9.84 Å². The molecule has 0 amide bonds. The third-order valence-electron chi connectivity index (χ3n) is 6.63. The molecule has 1 unspecified atom stereocenters. The smallest absolute Gasteiger partial charge is 0.173 e. The van der Waals surface area contributed by atoms with Crippen molar-refractivity contribution in [1.29, 1.82) is 0 Å². The summed E-state index contributed by atoms with van der Waals surface area (Å²) in [5.41, 5.74) is 5.48. The molecule has 1 fully saturated rings. The number of aryl methyl sites for hydroxylation is 3. The van der Waals surface area contributed by atoms with Crippen LogP contribution in [0.3, 0.4) is 0 Å². The number of aliphatic hydroxyl groups is 1. The quantitative estimate of drug-likeness (QED) is 0.649. The lowest BCUT2D eigenvalue weighted by molar-refractivity contribution is 0.0985. The van der Waals surface area contributed by atoms with Crippen LogP contribution in [0.2, 0.25) is 0 Å². The van der Waals surface area contributed by atoms with Crippen molar-refractivity contribution in [2.24, 2.45) is 11.3 Å². The molecule has 2 aromatic rings. The normalized spacial score (nSPS) is 22.5. The maximum atomic E-state index is 13.0. The van der Waals surface area contributed by atoms with Crippen molar-refractivity contribution in [1.82, 2.24) is 0 Å². The van der Waals surface area contributed by atoms with Crippen LogP contribution in [0.5, 0.6) is 5.75 Å². The van der Waals surface area contributed by atoms with Crippen LogP contribution >= 0.6 is 11.3 Å². The van der Waals surface area contributed by atoms with Crippen LogP contribution in [-0.4, -0.2) is 23.6 Å². The topological polar surface area (TPSA) is 46.5 Å². The third-order valence-corrected chi connectivity index (χ3v) is 7.84. The van der Waals surface area contributed by atoms with Crippen molar-refractivity contribution in [3.05, 3.63) is 50.2 Å². The Morgan fingerprint density at radius 1 is 1.36 bits per heavy atom. The number of fused-ring (bicyclic) bond motifs is 3. The van der Waals surface area contributed by atoms with Gasteiger partial charge in [0.1, 0.15) is 12.4 Å². The molecular weight excluding hydrogens is 368 g/mol. The fourth-order valence-electron chi connectivity index (χ4n) is 4.97. The predicted molar refractivity (Wildman–Crippen MR) is 114 cm³/mol. The number of ketones is 1. The Morgan fingerprint density at radius 3 is 2.79 bits per heavy atom. The van der Waals surface area contributed by atoms with Crippen molar-refractivity contribution in [2.75, 3.05) is 6.61 Å². The summed E-state index contributed by atoms with van der Waals surface area (Å²) in [4.78, 5) is 15.3. The van der Waals surface area contributed by atoms with E-state index < -0.39 is 6.10 Å². The highest BCUT2D eigenvalue weighted by Crippen LogP contribution is 2.71. The zero-order valence-electron chi connectivity index (χ0n) is 17.5. The van der Waals surface area contributed by atoms with Gasteiger partial charge in [0.05, 0.1) is 11.0 Å². The van der Waals surface area contributed by atoms with E-state index in [9.17, 15) is 9.90 Å². The molecule has 3 atom stereocenters. The number of hydrogen-bond donors (Lipinski definition) is 1. The van der Waals surface area contributed by atoms with Crippen molar-refractivity contribution in [3.8, 4) is 5.75 Å². The molecule has 1 aromatic heterocycles. The predicted octanol–water partition coefficient (Wildman–Crippen LogP) is 5.24. The second kappa shape index (κ2) is 7.00. The van der Waals surface area contributed by atoms with Crippen LogP contribution < -0.4 is 4.74 Å². The molecule has 0 aliphatic heterocycles. The molecule has 0 bridgehead atoms. The molecular formula is C24H30O3S. The van der Waals surface area contributed by atoms with Crippen molar-refractivity contribution >= 4 is 17.1 Å². The molecule has 4 rings (SSSR count). The number of Topliss-reactive ketones (excluding diaryl/α,β-unsaturated/α-hetero) is 1. The minimum atomic E-state index is -0.482. The zero-order valence-corrected chi connectivity index (χ0v) is 18.3. The van der Waals surface area contributed by atoms with E-state index >= 15 is 0 Å². The SMILES string of the molecule is Cc1cc(CCC(=O)c2sc(C)c3c2C[C@@H]2[C@H]3C2(C)C)ccc1OCC(C)O. The molecule has 1 N–H and O–H groups in total. The fourth-order valence-corrected chi connectivity index (χ4v) is 6.17. The molecule has 0 saturated heterocycles. The van der Waals surface area contributed by atoms with Gasteiger partial charge in [-0.2, -0.15) is 0 Å². The first kappa shape index (κ1) is 19.7. The fraction of sp³-hybridized carbons (Fsp3) is 0.542. The Morgan fingerprint density at radius 2 is 2.11 bits per heavy atom. The van der Waals surface area contributed by atoms with Gasteiger partial charge in [0.25, 0.3) is 0 Å². The third kappa shape index (κ3) is 3.31. The second-order valence-corrected chi connectivity index (χ2v) is 10.4. The van der Waals surface area contributed by atoms with Crippen molar-refractivity contribution in [3.63, 3.8) is 0 Å². The number of carbonyl (C=O) groups excluding carboxylic acids is 1. The largest absolute Gasteiger partial charge is 0.491 e. The summed E-state index contributed by atoms with van der Waals surface area (Å²) in [7, 11) is 0. The maximum Gasteiger partial charge on any atom is 0.173 e. The summed E-state index contributed by atoms with van der Waals surface area (Å²) in [5, 5.41) is 9.37. The van der Waals surface area contributed by atoms with E-state index in [1.54, 1.807) is 18.3 Å². The van der Waals surface area contributed by atoms with Gasteiger partial charge in [0.15, 0.2) is 5.78 Å². The molecule has 3 nitrogen and oxygen atoms in total. The van der Waals surface area contributed by atoms with Gasteiger partial charge in [0.2, 0.25) is 0 Å². The summed E-state index contributed by atoms with van der Waals surface area (Å²) in [6.07, 6.45) is 1.91. The summed E-state index contributed by atoms with van der Waals surface area (Å²) in [6.45, 7) is 10.9. The van der Waals surface area contributed by atoms with Crippen LogP contribution in [0.4, 0.5) is 0 Å². The number of hydrogen-bond acceptors (Lipinski definition) is 4. The lowest BCUT2D eigenvalue weighted by atomic mass is 9.94. The zero-order chi connectivity index (χ0) is 20.2. The first-order valence-corrected chi connectivity index (χ1v) is 11.1. The minimum absolute atomic E-state index is 0.292. The van der Waals surface area contributed by atoms with E-state index in [0.717, 1.165) is 40.5 Å². The molecule has 1 heterocycles. The second-order valence-electron chi connectivity index (χ2n) is 9.17. The van der Waals surface area contributed by atoms with E-state index in [-0.39, 0.29) is 0 Å². The van der Waals surface area contributed by atoms with Crippen LogP contribution in [0, 0.1) is 25.2 Å². The van der Waals surface area contributed by atoms with Gasteiger partial charge in [-0.3, -0.25) is 4.79 Å². The van der Waals surface area contributed by atoms with E-state index in [4.69, 9.17) is 4.74 Å². The Bertz CT molecular complexity index is 922. The van der Waals surface area contributed by atoms with Crippen LogP contribution in [0.25, 0.3) is 0 Å². The van der Waals surface area contributed by atoms with Crippen molar-refractivity contribution in [2.45, 2.75) is 65.9 Å². The van der Waals surface area contributed by atoms with Gasteiger partial charge in [-0.15, -0.1) is 11.3 Å². The van der Waals surface area contributed by atoms with E-state index in [2.05, 4.69) is 26.8 Å². The molecule has 1 saturated carbocycles.